The van der Waals surface area contributed by atoms with Gasteiger partial charge in [0.25, 0.3) is 0 Å². The van der Waals surface area contributed by atoms with Crippen LogP contribution in [0.5, 0.6) is 0 Å². The first kappa shape index (κ1) is 22.9. The van der Waals surface area contributed by atoms with Crippen LogP contribution in [-0.4, -0.2) is 65.5 Å². The van der Waals surface area contributed by atoms with Crippen LogP contribution >= 0.6 is 0 Å². The maximum absolute atomic E-state index is 12.8. The molecule has 10 N–H and O–H groups in total. The Morgan fingerprint density at radius 3 is 2.55 bits per heavy atom. The quantitative estimate of drug-likeness (QED) is 0.157. The van der Waals surface area contributed by atoms with Gasteiger partial charge in [-0.3, -0.25) is 0 Å². The molecule has 174 valence electrons. The Hall–Kier alpha value is -3.28. The van der Waals surface area contributed by atoms with Crippen molar-refractivity contribution >= 4 is 38.1 Å². The lowest BCUT2D eigenvalue weighted by Gasteiger charge is -2.23. The minimum atomic E-state index is -4.56. The van der Waals surface area contributed by atoms with E-state index in [1.807, 2.05) is 0 Å². The fourth-order valence-electron chi connectivity index (χ4n) is 3.69. The number of nitrogens with zero attached hydrogens (tertiary/aromatic N) is 4. The number of anilines is 1. The first-order valence-corrected chi connectivity index (χ1v) is 12.0. The summed E-state index contributed by atoms with van der Waals surface area (Å²) in [5.74, 6) is -0.00948. The largest absolute Gasteiger partial charge is 0.390 e. The van der Waals surface area contributed by atoms with E-state index in [0.717, 1.165) is 0 Å². The summed E-state index contributed by atoms with van der Waals surface area (Å²) < 4.78 is 47.6. The highest BCUT2D eigenvalue weighted by Gasteiger charge is 2.35. The van der Waals surface area contributed by atoms with E-state index in [4.69, 9.17) is 16.6 Å². The number of primary sulfonamides is 1. The lowest BCUT2D eigenvalue weighted by Crippen LogP contribution is -2.32. The van der Waals surface area contributed by atoms with E-state index >= 15 is 0 Å². The molecule has 2 unspecified atom stereocenters. The number of aromatic nitrogens is 6. The van der Waals surface area contributed by atoms with Crippen molar-refractivity contribution in [1.82, 2.24) is 30.6 Å². The van der Waals surface area contributed by atoms with E-state index in [0.29, 0.717) is 16.6 Å². The molecule has 3 atom stereocenters. The molecule has 0 saturated carbocycles. The number of aromatic amines is 2. The molecule has 0 aliphatic carbocycles. The molecule has 0 fully saturated rings. The monoisotopic (exact) mass is 493 g/mol. The van der Waals surface area contributed by atoms with Crippen LogP contribution in [0.2, 0.25) is 0 Å². The Labute approximate surface area is 188 Å². The summed E-state index contributed by atoms with van der Waals surface area (Å²) in [5.41, 5.74) is 12.7. The van der Waals surface area contributed by atoms with E-state index in [9.17, 15) is 22.3 Å². The summed E-state index contributed by atoms with van der Waals surface area (Å²) >= 11 is -2.70. The fourth-order valence-corrected chi connectivity index (χ4v) is 5.56. The van der Waals surface area contributed by atoms with Crippen molar-refractivity contribution in [2.45, 2.75) is 16.2 Å². The van der Waals surface area contributed by atoms with Crippen LogP contribution in [0.25, 0.3) is 33.5 Å². The zero-order chi connectivity index (χ0) is 23.9. The van der Waals surface area contributed by atoms with Gasteiger partial charge < -0.3 is 26.1 Å². The fraction of sp³-hybridized carbons (Fsp3) is 0.176. The second kappa shape index (κ2) is 8.58. The predicted octanol–water partition coefficient (Wildman–Crippen LogP) is -0.778. The number of hydrogen-bond donors (Lipinski definition) is 7. The number of tetrazole rings is 1. The number of benzene rings is 2. The number of para-hydroxylation sites is 1. The molecule has 14 nitrogen and oxygen atoms in total. The number of nitrogens with one attached hydrogen (secondary N) is 2. The average Bonchev–Trinajstić information content (AvgIpc) is 3.40. The van der Waals surface area contributed by atoms with Crippen molar-refractivity contribution in [3.63, 3.8) is 0 Å². The molecule has 33 heavy (non-hydrogen) atoms. The summed E-state index contributed by atoms with van der Waals surface area (Å²) in [5, 5.41) is 27.8. The zero-order valence-corrected chi connectivity index (χ0v) is 18.3. The highest BCUT2D eigenvalue weighted by Crippen LogP contribution is 2.42. The van der Waals surface area contributed by atoms with Gasteiger partial charge in [-0.2, -0.15) is 5.21 Å². The number of rotatable bonds is 7. The number of sulfonamides is 1. The third-order valence-electron chi connectivity index (χ3n) is 4.98. The number of fused-ring (bicyclic) bond motifs is 1. The normalized spacial score (nSPS) is 14.9. The summed E-state index contributed by atoms with van der Waals surface area (Å²) in [6.07, 6.45) is -1.55. The molecule has 2 aromatic carbocycles. The number of nitrogens with two attached hydrogens (primary N) is 3. The highest BCUT2D eigenvalue weighted by atomic mass is 32.2. The molecular formula is C17H19N9O5S2. The first-order chi connectivity index (χ1) is 15.6. The summed E-state index contributed by atoms with van der Waals surface area (Å²) in [7, 11) is -4.56. The second-order valence-corrected chi connectivity index (χ2v) is 9.57. The number of hydrogen-bond acceptors (Lipinski definition) is 10. The molecule has 0 amide bonds. The summed E-state index contributed by atoms with van der Waals surface area (Å²) in [6, 6.07) is 7.87. The van der Waals surface area contributed by atoms with Crippen LogP contribution in [0.4, 0.5) is 5.95 Å². The predicted molar refractivity (Wildman–Crippen MR) is 119 cm³/mol. The van der Waals surface area contributed by atoms with Crippen LogP contribution in [0.3, 0.4) is 0 Å². The molecule has 2 aromatic heterocycles. The number of H-pyrrole nitrogens is 2. The maximum atomic E-state index is 12.8. The minimum absolute atomic E-state index is 0.0995. The number of nitrogen functional groups attached to an aromatic ring is 1. The topological polar surface area (TPSA) is 253 Å². The Morgan fingerprint density at radius 1 is 1.18 bits per heavy atom. The SMILES string of the molecule is NC[C@H](O)C(c1ccc(-c2cccc3[nH]c(N)nc23)c(-c2nn[nH]n2)c1S(N)(=O)=O)S(=O)O. The van der Waals surface area contributed by atoms with E-state index in [1.54, 1.807) is 18.2 Å². The Morgan fingerprint density at radius 2 is 1.94 bits per heavy atom. The van der Waals surface area contributed by atoms with Crippen molar-refractivity contribution in [2.75, 3.05) is 12.3 Å². The number of aliphatic hydroxyl groups excluding tert-OH is 1. The molecule has 4 rings (SSSR count). The molecule has 0 saturated heterocycles. The van der Waals surface area contributed by atoms with Gasteiger partial charge in [-0.1, -0.05) is 24.3 Å². The van der Waals surface area contributed by atoms with Crippen molar-refractivity contribution in [2.24, 2.45) is 10.9 Å². The van der Waals surface area contributed by atoms with Gasteiger partial charge in [-0.25, -0.2) is 22.7 Å². The highest BCUT2D eigenvalue weighted by molar-refractivity contribution is 7.89. The zero-order valence-electron chi connectivity index (χ0n) is 16.7. The Kier molecular flexibility index (Phi) is 5.95. The van der Waals surface area contributed by atoms with E-state index in [-0.39, 0.29) is 28.5 Å². The lowest BCUT2D eigenvalue weighted by atomic mass is 9.94. The number of imidazole rings is 1. The van der Waals surface area contributed by atoms with Gasteiger partial charge in [-0.15, -0.1) is 10.2 Å². The van der Waals surface area contributed by atoms with Gasteiger partial charge >= 0.3 is 0 Å². The molecular weight excluding hydrogens is 474 g/mol. The molecule has 0 bridgehead atoms. The van der Waals surface area contributed by atoms with Gasteiger partial charge in [0, 0.05) is 12.1 Å². The van der Waals surface area contributed by atoms with E-state index in [2.05, 4.69) is 30.6 Å². The van der Waals surface area contributed by atoms with Crippen LogP contribution in [0, 0.1) is 0 Å². The standard InChI is InChI=1S/C17H19N9O5S2/c18-6-11(27)14(32(28)29)9-5-4-7(8-2-1-3-10-13(8)22-17(19)21-10)12(15(9)33(20,30)31)16-23-25-26-24-16/h1-5,11,14,27H,6,18H2,(H,28,29)(H3,19,21,22)(H2,20,30,31)(H,23,24,25,26)/t11-,14?/m0/s1. The Bertz CT molecular complexity index is 1450. The van der Waals surface area contributed by atoms with Gasteiger partial charge in [0.1, 0.15) is 5.25 Å². The van der Waals surface area contributed by atoms with Crippen molar-refractivity contribution < 1.29 is 22.3 Å². The van der Waals surface area contributed by atoms with Crippen molar-refractivity contribution in [3.8, 4) is 22.5 Å². The van der Waals surface area contributed by atoms with Crippen molar-refractivity contribution in [1.29, 1.82) is 0 Å². The average molecular weight is 494 g/mol. The van der Waals surface area contributed by atoms with Crippen molar-refractivity contribution in [3.05, 3.63) is 35.9 Å². The second-order valence-electron chi connectivity index (χ2n) is 7.01. The minimum Gasteiger partial charge on any atom is -0.390 e. The molecule has 16 heteroatoms. The summed E-state index contributed by atoms with van der Waals surface area (Å²) in [4.78, 5) is 6.60. The molecule has 2 heterocycles. The molecule has 4 aromatic rings. The first-order valence-electron chi connectivity index (χ1n) is 9.29. The summed E-state index contributed by atoms with van der Waals surface area (Å²) in [6.45, 7) is -0.411. The Balaban J connectivity index is 2.16. The van der Waals surface area contributed by atoms with Gasteiger partial charge in [-0.05, 0) is 22.4 Å². The van der Waals surface area contributed by atoms with Crippen LogP contribution in [0.1, 0.15) is 10.8 Å². The van der Waals surface area contributed by atoms with Crippen LogP contribution in [-0.2, 0) is 21.1 Å². The number of aliphatic hydroxyl groups is 1. The van der Waals surface area contributed by atoms with Gasteiger partial charge in [0.2, 0.25) is 15.8 Å². The molecule has 0 spiro atoms. The van der Waals surface area contributed by atoms with E-state index < -0.39 is 43.9 Å². The van der Waals surface area contributed by atoms with Crippen LogP contribution in [0.15, 0.2) is 35.2 Å². The molecule has 0 aliphatic rings. The molecule has 0 radical (unpaired) electrons. The van der Waals surface area contributed by atoms with Gasteiger partial charge in [0.15, 0.2) is 17.0 Å². The maximum Gasteiger partial charge on any atom is 0.239 e. The third-order valence-corrected chi connectivity index (χ3v) is 6.99. The molecule has 0 aliphatic heterocycles. The van der Waals surface area contributed by atoms with E-state index in [1.165, 1.54) is 12.1 Å². The lowest BCUT2D eigenvalue weighted by molar-refractivity contribution is 0.175. The third kappa shape index (κ3) is 4.10. The van der Waals surface area contributed by atoms with Gasteiger partial charge in [0.05, 0.1) is 27.6 Å². The smallest absolute Gasteiger partial charge is 0.239 e. The van der Waals surface area contributed by atoms with Crippen LogP contribution < -0.4 is 16.6 Å².